The minimum Gasteiger partial charge on any atom is -0.328 e. The second-order valence-electron chi connectivity index (χ2n) is 5.84. The Kier molecular flexibility index (Phi) is 4.43. The van der Waals surface area contributed by atoms with E-state index in [1.807, 2.05) is 11.3 Å². The molecule has 3 rings (SSSR count). The number of likely N-dealkylation sites (N-methyl/N-ethyl adjacent to an activating group) is 1. The molecule has 0 bridgehead atoms. The molecule has 0 saturated carbocycles. The van der Waals surface area contributed by atoms with Crippen molar-refractivity contribution in [3.63, 3.8) is 0 Å². The summed E-state index contributed by atoms with van der Waals surface area (Å²) in [6, 6.07) is 13.2. The van der Waals surface area contributed by atoms with Crippen molar-refractivity contribution in [3.8, 4) is 0 Å². The first kappa shape index (κ1) is 14.8. The second-order valence-corrected chi connectivity index (χ2v) is 6.87. The van der Waals surface area contributed by atoms with Crippen LogP contribution in [0.5, 0.6) is 0 Å². The average Bonchev–Trinajstić information content (AvgIpc) is 3.05. The van der Waals surface area contributed by atoms with Crippen LogP contribution >= 0.6 is 11.3 Å². The SMILES string of the molecule is CCN(Cc1cccs1)C1(CN)CCCc2ccccc21. The maximum Gasteiger partial charge on any atom is 0.0589 e. The summed E-state index contributed by atoms with van der Waals surface area (Å²) in [5, 5.41) is 2.16. The molecule has 3 heteroatoms. The summed E-state index contributed by atoms with van der Waals surface area (Å²) in [6.07, 6.45) is 3.59. The van der Waals surface area contributed by atoms with Crippen LogP contribution in [-0.4, -0.2) is 18.0 Å². The number of fused-ring (bicyclic) bond motifs is 1. The number of rotatable bonds is 5. The van der Waals surface area contributed by atoms with Gasteiger partial charge in [0.05, 0.1) is 5.54 Å². The molecule has 1 unspecified atom stereocenters. The van der Waals surface area contributed by atoms with Crippen molar-refractivity contribution in [1.82, 2.24) is 4.90 Å². The maximum atomic E-state index is 6.32. The molecule has 0 spiro atoms. The highest BCUT2D eigenvalue weighted by atomic mass is 32.1. The Morgan fingerprint density at radius 3 is 2.81 bits per heavy atom. The van der Waals surface area contributed by atoms with Gasteiger partial charge in [-0.25, -0.2) is 0 Å². The lowest BCUT2D eigenvalue weighted by Crippen LogP contribution is -2.52. The molecule has 1 heterocycles. The fraction of sp³-hybridized carbons (Fsp3) is 0.444. The fourth-order valence-electron chi connectivity index (χ4n) is 3.72. The van der Waals surface area contributed by atoms with E-state index in [1.165, 1.54) is 35.3 Å². The molecule has 1 aliphatic carbocycles. The Morgan fingerprint density at radius 1 is 1.24 bits per heavy atom. The van der Waals surface area contributed by atoms with Crippen LogP contribution in [0, 0.1) is 0 Å². The average molecular weight is 300 g/mol. The van der Waals surface area contributed by atoms with Gasteiger partial charge in [-0.05, 0) is 48.4 Å². The molecular weight excluding hydrogens is 276 g/mol. The number of thiophene rings is 1. The van der Waals surface area contributed by atoms with Gasteiger partial charge in [0.2, 0.25) is 0 Å². The molecule has 1 aromatic heterocycles. The monoisotopic (exact) mass is 300 g/mol. The van der Waals surface area contributed by atoms with E-state index < -0.39 is 0 Å². The predicted molar refractivity (Wildman–Crippen MR) is 90.5 cm³/mol. The third-order valence-corrected chi connectivity index (χ3v) is 5.67. The molecule has 2 N–H and O–H groups in total. The zero-order chi connectivity index (χ0) is 14.7. The molecule has 2 aromatic rings. The zero-order valence-corrected chi connectivity index (χ0v) is 13.5. The van der Waals surface area contributed by atoms with Crippen LogP contribution < -0.4 is 5.73 Å². The molecule has 0 aliphatic heterocycles. The Bertz CT molecular complexity index is 579. The van der Waals surface area contributed by atoms with E-state index in [1.54, 1.807) is 0 Å². The molecule has 2 nitrogen and oxygen atoms in total. The van der Waals surface area contributed by atoms with Gasteiger partial charge in [0.25, 0.3) is 0 Å². The van der Waals surface area contributed by atoms with Crippen LogP contribution in [0.2, 0.25) is 0 Å². The maximum absolute atomic E-state index is 6.32. The largest absolute Gasteiger partial charge is 0.328 e. The van der Waals surface area contributed by atoms with Crippen LogP contribution in [-0.2, 0) is 18.5 Å². The van der Waals surface area contributed by atoms with Crippen molar-refractivity contribution >= 4 is 11.3 Å². The van der Waals surface area contributed by atoms with Gasteiger partial charge in [-0.15, -0.1) is 11.3 Å². The van der Waals surface area contributed by atoms with E-state index in [-0.39, 0.29) is 5.54 Å². The Balaban J connectivity index is 1.99. The first-order valence-electron chi connectivity index (χ1n) is 7.86. The highest BCUT2D eigenvalue weighted by molar-refractivity contribution is 7.09. The van der Waals surface area contributed by atoms with Crippen molar-refractivity contribution < 1.29 is 0 Å². The minimum absolute atomic E-state index is 0.00752. The highest BCUT2D eigenvalue weighted by Crippen LogP contribution is 2.40. The molecule has 1 atom stereocenters. The molecule has 0 amide bonds. The molecule has 0 radical (unpaired) electrons. The summed E-state index contributed by atoms with van der Waals surface area (Å²) in [7, 11) is 0. The van der Waals surface area contributed by atoms with Crippen LogP contribution in [0.1, 0.15) is 35.8 Å². The molecule has 0 saturated heterocycles. The number of aryl methyl sites for hydroxylation is 1. The smallest absolute Gasteiger partial charge is 0.0589 e. The third-order valence-electron chi connectivity index (χ3n) is 4.81. The lowest BCUT2D eigenvalue weighted by Gasteiger charge is -2.46. The van der Waals surface area contributed by atoms with Gasteiger partial charge < -0.3 is 5.73 Å². The van der Waals surface area contributed by atoms with Crippen LogP contribution in [0.4, 0.5) is 0 Å². The van der Waals surface area contributed by atoms with Gasteiger partial charge in [-0.3, -0.25) is 4.90 Å². The number of nitrogens with two attached hydrogens (primary N) is 1. The number of hydrogen-bond acceptors (Lipinski definition) is 3. The second kappa shape index (κ2) is 6.30. The molecule has 1 aliphatic rings. The van der Waals surface area contributed by atoms with Crippen LogP contribution in [0.25, 0.3) is 0 Å². The topological polar surface area (TPSA) is 29.3 Å². The standard InChI is InChI=1S/C18H24N2S/c1-2-20(13-16-9-6-12-21-16)18(14-19)11-5-8-15-7-3-4-10-17(15)18/h3-4,6-7,9-10,12H,2,5,8,11,13-14,19H2,1H3. The number of benzene rings is 1. The van der Waals surface area contributed by atoms with Gasteiger partial charge in [0.1, 0.15) is 0 Å². The summed E-state index contributed by atoms with van der Waals surface area (Å²) in [5.41, 5.74) is 9.27. The Labute approximate surface area is 131 Å². The Hall–Kier alpha value is -1.16. The van der Waals surface area contributed by atoms with E-state index >= 15 is 0 Å². The molecule has 1 aromatic carbocycles. The van der Waals surface area contributed by atoms with Crippen molar-refractivity contribution in [2.45, 2.75) is 38.3 Å². The number of nitrogens with zero attached hydrogens (tertiary/aromatic N) is 1. The quantitative estimate of drug-likeness (QED) is 0.911. The van der Waals surface area contributed by atoms with Gasteiger partial charge in [0, 0.05) is 18.0 Å². The first-order valence-corrected chi connectivity index (χ1v) is 8.74. The normalized spacial score (nSPS) is 21.5. The van der Waals surface area contributed by atoms with Gasteiger partial charge in [-0.1, -0.05) is 37.3 Å². The third kappa shape index (κ3) is 2.66. The Morgan fingerprint density at radius 2 is 2.10 bits per heavy atom. The predicted octanol–water partition coefficient (Wildman–Crippen LogP) is 3.76. The molecule has 21 heavy (non-hydrogen) atoms. The number of hydrogen-bond donors (Lipinski definition) is 1. The van der Waals surface area contributed by atoms with Gasteiger partial charge in [-0.2, -0.15) is 0 Å². The summed E-state index contributed by atoms with van der Waals surface area (Å²) in [6.45, 7) is 4.98. The van der Waals surface area contributed by atoms with Crippen molar-refractivity contribution in [3.05, 3.63) is 57.8 Å². The van der Waals surface area contributed by atoms with Crippen molar-refractivity contribution in [1.29, 1.82) is 0 Å². The van der Waals surface area contributed by atoms with E-state index in [9.17, 15) is 0 Å². The van der Waals surface area contributed by atoms with E-state index in [2.05, 4.69) is 53.6 Å². The lowest BCUT2D eigenvalue weighted by molar-refractivity contribution is 0.0726. The van der Waals surface area contributed by atoms with Crippen LogP contribution in [0.15, 0.2) is 41.8 Å². The summed E-state index contributed by atoms with van der Waals surface area (Å²) < 4.78 is 0. The first-order chi connectivity index (χ1) is 10.3. The van der Waals surface area contributed by atoms with Crippen molar-refractivity contribution in [2.24, 2.45) is 5.73 Å². The van der Waals surface area contributed by atoms with E-state index in [0.717, 1.165) is 13.1 Å². The lowest BCUT2D eigenvalue weighted by atomic mass is 9.75. The van der Waals surface area contributed by atoms with E-state index in [0.29, 0.717) is 6.54 Å². The van der Waals surface area contributed by atoms with Crippen molar-refractivity contribution in [2.75, 3.05) is 13.1 Å². The van der Waals surface area contributed by atoms with Crippen LogP contribution in [0.3, 0.4) is 0 Å². The molecule has 112 valence electrons. The molecule has 0 fully saturated rings. The zero-order valence-electron chi connectivity index (χ0n) is 12.7. The summed E-state index contributed by atoms with van der Waals surface area (Å²) in [5.74, 6) is 0. The minimum atomic E-state index is 0.00752. The van der Waals surface area contributed by atoms with E-state index in [4.69, 9.17) is 5.73 Å². The summed E-state index contributed by atoms with van der Waals surface area (Å²) >= 11 is 1.84. The fourth-order valence-corrected chi connectivity index (χ4v) is 4.44. The van der Waals surface area contributed by atoms with Gasteiger partial charge in [0.15, 0.2) is 0 Å². The van der Waals surface area contributed by atoms with Gasteiger partial charge >= 0.3 is 0 Å². The highest BCUT2D eigenvalue weighted by Gasteiger charge is 2.39. The summed E-state index contributed by atoms with van der Waals surface area (Å²) in [4.78, 5) is 4.00. The molecular formula is C18H24N2S.